The van der Waals surface area contributed by atoms with Crippen LogP contribution in [0.1, 0.15) is 0 Å². The highest BCUT2D eigenvalue weighted by Gasteiger charge is 2.24. The Bertz CT molecular complexity index is 11700. The summed E-state index contributed by atoms with van der Waals surface area (Å²) in [7, 11) is 0. The fourth-order valence-electron chi connectivity index (χ4n) is 22.2. The van der Waals surface area contributed by atoms with Gasteiger partial charge < -0.3 is 0 Å². The van der Waals surface area contributed by atoms with Crippen LogP contribution in [0.5, 0.6) is 0 Å². The third-order valence-electron chi connectivity index (χ3n) is 28.3. The van der Waals surface area contributed by atoms with Crippen molar-refractivity contribution < 1.29 is 0 Å². The lowest BCUT2D eigenvalue weighted by atomic mass is 10.0. The highest BCUT2D eigenvalue weighted by molar-refractivity contribution is 7.28. The van der Waals surface area contributed by atoms with E-state index >= 15 is 0 Å². The fraction of sp³-hybridized carbons (Fsp3) is 0. The van der Waals surface area contributed by atoms with E-state index in [1.54, 1.807) is 0 Å². The Hall–Kier alpha value is -17.9. The van der Waals surface area contributed by atoms with Crippen molar-refractivity contribution in [3.8, 4) is 0 Å². The predicted molar refractivity (Wildman–Crippen MR) is 605 cm³/mol. The number of hydrogen-bond donors (Lipinski definition) is 0. The van der Waals surface area contributed by atoms with Crippen molar-refractivity contribution in [1.29, 1.82) is 0 Å². The predicted octanol–water partition coefficient (Wildman–Crippen LogP) is 32.4. The Labute approximate surface area is 835 Å². The molecule has 36 rings (SSSR count). The van der Waals surface area contributed by atoms with Gasteiger partial charge in [0.2, 0.25) is 0 Å². The van der Waals surface area contributed by atoms with Crippen LogP contribution in [0.4, 0.5) is 0 Å². The van der Waals surface area contributed by atoms with E-state index in [4.69, 9.17) is 0 Å². The number of hydrogen-bond acceptors (Lipinski definition) is 18. The number of fused-ring (bicyclic) bond motifs is 58. The summed E-state index contributed by atoms with van der Waals surface area (Å²) in [6.45, 7) is 0. The van der Waals surface area contributed by atoms with Gasteiger partial charge in [0.1, 0.15) is 33.1 Å². The molecule has 0 saturated heterocycles. The van der Waals surface area contributed by atoms with Gasteiger partial charge in [0, 0.05) is 293 Å². The fourth-order valence-corrected chi connectivity index (χ4v) is 29.1. The van der Waals surface area contributed by atoms with Crippen molar-refractivity contribution in [2.75, 3.05) is 0 Å². The second-order valence-corrected chi connectivity index (χ2v) is 42.2. The van der Waals surface area contributed by atoms with Gasteiger partial charge in [-0.3, -0.25) is 56.3 Å². The Balaban J connectivity index is 0.0000000788. The molecule has 672 valence electrons. The molecule has 144 heavy (non-hydrogen) atoms. The average molecular weight is 1950 g/mol. The van der Waals surface area contributed by atoms with Gasteiger partial charge in [0.05, 0.1) is 37.8 Å². The number of thiophene rings is 6. The minimum Gasteiger partial charge on any atom is -0.298 e. The molecule has 0 aliphatic carbocycles. The zero-order valence-electron chi connectivity index (χ0n) is 75.6. The molecule has 24 heterocycles. The molecule has 0 atom stereocenters. The highest BCUT2D eigenvalue weighted by Crippen LogP contribution is 2.49. The molecule has 0 saturated carbocycles. The second-order valence-electron chi connectivity index (χ2n) is 35.8. The minimum atomic E-state index is 0.914. The van der Waals surface area contributed by atoms with Gasteiger partial charge in [-0.05, 0) is 121 Å². The third kappa shape index (κ3) is 12.1. The Kier molecular flexibility index (Phi) is 17.9. The zero-order valence-corrected chi connectivity index (χ0v) is 80.5. The van der Waals surface area contributed by atoms with Gasteiger partial charge in [0.15, 0.2) is 33.9 Å². The maximum atomic E-state index is 4.62. The second kappa shape index (κ2) is 31.8. The third-order valence-corrected chi connectivity index (χ3v) is 35.2. The first kappa shape index (κ1) is 81.0. The van der Waals surface area contributed by atoms with E-state index in [-0.39, 0.29) is 0 Å². The number of aromatic nitrogens is 18. The van der Waals surface area contributed by atoms with Crippen molar-refractivity contribution in [1.82, 2.24) is 86.2 Å². The summed E-state index contributed by atoms with van der Waals surface area (Å²) >= 11 is 11.1. The lowest BCUT2D eigenvalue weighted by Gasteiger charge is -2.09. The summed E-state index contributed by atoms with van der Waals surface area (Å²) < 4.78 is 28.8. The molecule has 12 aromatic carbocycles. The van der Waals surface area contributed by atoms with Gasteiger partial charge >= 0.3 is 0 Å². The van der Waals surface area contributed by atoms with Crippen LogP contribution in [0, 0.1) is 0 Å². The van der Waals surface area contributed by atoms with E-state index in [0.29, 0.717) is 0 Å². The van der Waals surface area contributed by atoms with Crippen LogP contribution in [0.2, 0.25) is 0 Å². The van der Waals surface area contributed by atoms with E-state index in [9.17, 15) is 0 Å². The largest absolute Gasteiger partial charge is 0.298 e. The molecule has 0 aliphatic rings. The van der Waals surface area contributed by atoms with Crippen molar-refractivity contribution in [2.45, 2.75) is 0 Å². The maximum absolute atomic E-state index is 4.62. The van der Waals surface area contributed by atoms with Crippen molar-refractivity contribution in [3.63, 3.8) is 0 Å². The standard InChI is InChI=1S/6C20H11N3S/c1-2-6-15-14(4-1)17-16(24-15)8-7-13-12-5-3-9-21-18(12)20-22-10-11-23(20)19(13)17;1-2-6-16-12(4-1)13-7-8-15-17(19(13)24-16)14-5-3-9-21-18(14)20-22-10-11-23(15)20;1-2-6-15-12(4-1)18-16(24-15)8-7-14-17(18)13-5-3-9-21-19(13)20-22-10-11-23(14)20;1-2-6-16-12(4-1)15-8-7-14-13-5-3-9-21-17(13)20-22-10-11-23(20)18(14)19(15)24-16;1-2-6-17-12(4-1)15-10-16-14(11-18(15)24-17)13-5-3-7-21-19(13)20-22-8-9-23(16)20;1-2-6-17-12(4-1)15-10-14-13-5-3-7-21-19(13)20-22-8-9-23(20)16(14)11-18(15)24-17/h6*1-11H. The quantitative estimate of drug-likeness (QED) is 0.131. The Morgan fingerprint density at radius 3 is 0.951 bits per heavy atom. The molecular formula is C120H66N18S6. The van der Waals surface area contributed by atoms with Crippen LogP contribution in [0.3, 0.4) is 0 Å². The average Bonchev–Trinajstić information content (AvgIpc) is 1.50. The number of benzene rings is 12. The Morgan fingerprint density at radius 2 is 0.444 bits per heavy atom. The molecule has 0 amide bonds. The van der Waals surface area contributed by atoms with Crippen molar-refractivity contribution in [2.24, 2.45) is 0 Å². The first-order valence-corrected chi connectivity index (χ1v) is 52.0. The van der Waals surface area contributed by atoms with Crippen LogP contribution in [0.15, 0.2) is 403 Å². The summed E-state index contributed by atoms with van der Waals surface area (Å²) in [5.74, 6) is 0. The maximum Gasteiger partial charge on any atom is 0.163 e. The molecular weight excluding hydrogens is 1890 g/mol. The van der Waals surface area contributed by atoms with Crippen LogP contribution >= 0.6 is 68.0 Å². The molecule has 18 nitrogen and oxygen atoms in total. The van der Waals surface area contributed by atoms with Crippen molar-refractivity contribution in [3.05, 3.63) is 403 Å². The van der Waals surface area contributed by atoms with Gasteiger partial charge in [-0.15, -0.1) is 68.0 Å². The molecule has 0 bridgehead atoms. The van der Waals surface area contributed by atoms with E-state index in [1.165, 1.54) is 197 Å². The number of rotatable bonds is 0. The smallest absolute Gasteiger partial charge is 0.163 e. The molecule has 0 fully saturated rings. The van der Waals surface area contributed by atoms with E-state index in [1.807, 2.05) is 216 Å². The van der Waals surface area contributed by atoms with Crippen molar-refractivity contribution >= 4 is 354 Å². The molecule has 24 heteroatoms. The molecule has 0 unspecified atom stereocenters. The molecule has 0 aliphatic heterocycles. The van der Waals surface area contributed by atoms with E-state index in [0.717, 1.165) is 88.5 Å². The van der Waals surface area contributed by atoms with Gasteiger partial charge in [-0.2, -0.15) is 0 Å². The SMILES string of the molecule is c1ccc2c(c1)sc1c2ccc2c1c1cccnc1c1nccn21.c1ccc2c(c1)sc1c2ccc2c3cccnc3c3nccn3c21.c1ccc2c(c1)sc1cc3c(cc12)c1cccnc1c1nccn31.c1ccc2c(c1)sc1cc3c4cccnc4c4nccn4c3cc12.c1ccc2c(c1)sc1ccc3c(c4cccnc4c4nccn34)c12.c1ccc2c(c1)sc1ccc3c4cccnc4c4nccn4c3c12. The first-order chi connectivity index (χ1) is 71.5. The van der Waals surface area contributed by atoms with Gasteiger partial charge in [-0.1, -0.05) is 170 Å². The van der Waals surface area contributed by atoms with Crippen LogP contribution < -0.4 is 0 Å². The number of pyridine rings is 12. The van der Waals surface area contributed by atoms with Gasteiger partial charge in [-0.25, -0.2) is 29.9 Å². The Morgan fingerprint density at radius 1 is 0.146 bits per heavy atom. The van der Waals surface area contributed by atoms with Gasteiger partial charge in [0.25, 0.3) is 0 Å². The number of nitrogens with zero attached hydrogens (tertiary/aromatic N) is 18. The summed E-state index contributed by atoms with van der Waals surface area (Å²) in [5.41, 5.74) is 18.4. The lowest BCUT2D eigenvalue weighted by molar-refractivity contribution is 1.26. The molecule has 24 aromatic heterocycles. The zero-order chi connectivity index (χ0) is 94.0. The first-order valence-electron chi connectivity index (χ1n) is 47.1. The van der Waals surface area contributed by atoms with Crippen LogP contribution in [-0.4, -0.2) is 86.2 Å². The normalized spacial score (nSPS) is 12.2. The minimum absolute atomic E-state index is 0.914. The van der Waals surface area contributed by atoms with Crippen LogP contribution in [0.25, 0.3) is 286 Å². The summed E-state index contributed by atoms with van der Waals surface area (Å²) in [5, 5.41) is 30.2. The van der Waals surface area contributed by atoms with E-state index < -0.39 is 0 Å². The lowest BCUT2D eigenvalue weighted by Crippen LogP contribution is -1.92. The van der Waals surface area contributed by atoms with Crippen LogP contribution in [-0.2, 0) is 0 Å². The molecule has 36 aromatic rings. The molecule has 0 N–H and O–H groups in total. The molecule has 0 radical (unpaired) electrons. The molecule has 0 spiro atoms. The number of imidazole rings is 6. The summed E-state index contributed by atoms with van der Waals surface area (Å²) in [6.07, 6.45) is 34.3. The monoisotopic (exact) mass is 1950 g/mol. The topological polar surface area (TPSA) is 181 Å². The van der Waals surface area contributed by atoms with E-state index in [2.05, 4.69) is 341 Å². The summed E-state index contributed by atoms with van der Waals surface area (Å²) in [6, 6.07) is 104. The summed E-state index contributed by atoms with van der Waals surface area (Å²) in [4.78, 5) is 54.8. The highest BCUT2D eigenvalue weighted by atomic mass is 32.1.